The Hall–Kier alpha value is -1.10. The zero-order valence-electron chi connectivity index (χ0n) is 16.1. The second kappa shape index (κ2) is 9.90. The molecule has 0 saturated carbocycles. The van der Waals surface area contributed by atoms with Gasteiger partial charge < -0.3 is 15.4 Å². The molecule has 1 aromatic rings. The average Bonchev–Trinajstić information content (AvgIpc) is 3.00. The molecule has 3 unspecified atom stereocenters. The summed E-state index contributed by atoms with van der Waals surface area (Å²) >= 11 is 0. The molecule has 2 bridgehead atoms. The molecular weight excluding hydrogens is 360 g/mol. The topological polar surface area (TPSA) is 50.4 Å². The van der Waals surface area contributed by atoms with Crippen LogP contribution in [0.3, 0.4) is 0 Å². The van der Waals surface area contributed by atoms with Crippen LogP contribution in [0.2, 0.25) is 0 Å². The number of hydrogen-bond acceptors (Lipinski definition) is 3. The monoisotopic (exact) mass is 392 g/mol. The summed E-state index contributed by atoms with van der Waals surface area (Å²) in [7, 11) is 0. The molecule has 2 heterocycles. The minimum Gasteiger partial charge on any atom is -0.373 e. The highest BCUT2D eigenvalue weighted by atomic mass is 35.5. The molecule has 1 aliphatic carbocycles. The first-order valence-corrected chi connectivity index (χ1v) is 10.5. The summed E-state index contributed by atoms with van der Waals surface area (Å²) in [5, 5.41) is 6.74. The number of amides is 1. The number of hydrogen-bond donors (Lipinski definition) is 2. The summed E-state index contributed by atoms with van der Waals surface area (Å²) < 4.78 is 6.12. The van der Waals surface area contributed by atoms with Gasteiger partial charge in [0.1, 0.15) is 0 Å². The average molecular weight is 393 g/mol. The predicted molar refractivity (Wildman–Crippen MR) is 110 cm³/mol. The van der Waals surface area contributed by atoms with Crippen molar-refractivity contribution in [2.45, 2.75) is 76.0 Å². The molecule has 150 valence electrons. The first kappa shape index (κ1) is 20.6. The number of carbonyl (C=O) groups is 1. The quantitative estimate of drug-likeness (QED) is 0.691. The summed E-state index contributed by atoms with van der Waals surface area (Å²) in [6, 6.07) is 9.97. The molecule has 5 heteroatoms. The Morgan fingerprint density at radius 2 is 1.93 bits per heavy atom. The van der Waals surface area contributed by atoms with Gasteiger partial charge in [-0.15, -0.1) is 12.4 Å². The highest BCUT2D eigenvalue weighted by Gasteiger charge is 2.34. The third-order valence-electron chi connectivity index (χ3n) is 6.32. The van der Waals surface area contributed by atoms with Crippen LogP contribution in [0.25, 0.3) is 0 Å². The minimum absolute atomic E-state index is 0. The number of fused-ring (bicyclic) bond motifs is 3. The van der Waals surface area contributed by atoms with Gasteiger partial charge in [-0.05, 0) is 68.4 Å². The molecule has 0 spiro atoms. The Morgan fingerprint density at radius 3 is 2.74 bits per heavy atom. The number of piperidine rings is 1. The van der Waals surface area contributed by atoms with E-state index >= 15 is 0 Å². The maximum atomic E-state index is 12.2. The zero-order valence-corrected chi connectivity index (χ0v) is 16.9. The van der Waals surface area contributed by atoms with Crippen molar-refractivity contribution in [2.24, 2.45) is 5.92 Å². The standard InChI is InChI=1S/C22H32N2O2.ClH/c25-22(15-16-13-18-9-10-19(14-16)24-18)23-11-4-12-26-21-8-3-6-17-5-1-2-7-20(17)21;/h1-2,5,7,16,18-19,21,24H,3-4,6,8-15H2,(H,23,25);1H. The molecule has 2 N–H and O–H groups in total. The molecule has 4 nitrogen and oxygen atoms in total. The molecular formula is C22H33ClN2O2. The van der Waals surface area contributed by atoms with Gasteiger partial charge in [0.15, 0.2) is 0 Å². The lowest BCUT2D eigenvalue weighted by molar-refractivity contribution is -0.122. The van der Waals surface area contributed by atoms with E-state index in [2.05, 4.69) is 34.9 Å². The smallest absolute Gasteiger partial charge is 0.220 e. The highest BCUT2D eigenvalue weighted by Crippen LogP contribution is 2.33. The molecule has 0 aromatic heterocycles. The summed E-state index contributed by atoms with van der Waals surface area (Å²) in [6.07, 6.45) is 10.3. The number of nitrogens with one attached hydrogen (secondary N) is 2. The second-order valence-electron chi connectivity index (χ2n) is 8.33. The van der Waals surface area contributed by atoms with Crippen molar-refractivity contribution >= 4 is 18.3 Å². The van der Waals surface area contributed by atoms with Crippen LogP contribution in [0.4, 0.5) is 0 Å². The van der Waals surface area contributed by atoms with Crippen LogP contribution in [-0.2, 0) is 16.0 Å². The summed E-state index contributed by atoms with van der Waals surface area (Å²) in [5.74, 6) is 0.794. The van der Waals surface area contributed by atoms with Crippen LogP contribution < -0.4 is 10.6 Å². The molecule has 4 rings (SSSR count). The first-order valence-electron chi connectivity index (χ1n) is 10.5. The number of carbonyl (C=O) groups excluding carboxylic acids is 1. The van der Waals surface area contributed by atoms with E-state index in [1.807, 2.05) is 0 Å². The van der Waals surface area contributed by atoms with Crippen molar-refractivity contribution in [3.8, 4) is 0 Å². The number of rotatable bonds is 7. The van der Waals surface area contributed by atoms with Crippen molar-refractivity contribution < 1.29 is 9.53 Å². The van der Waals surface area contributed by atoms with E-state index in [9.17, 15) is 4.79 Å². The Bertz CT molecular complexity index is 612. The molecule has 3 atom stereocenters. The van der Waals surface area contributed by atoms with Gasteiger partial charge in [0.2, 0.25) is 5.91 Å². The van der Waals surface area contributed by atoms with E-state index in [4.69, 9.17) is 4.74 Å². The van der Waals surface area contributed by atoms with Crippen molar-refractivity contribution in [1.82, 2.24) is 10.6 Å². The molecule has 2 fully saturated rings. The largest absolute Gasteiger partial charge is 0.373 e. The highest BCUT2D eigenvalue weighted by molar-refractivity contribution is 5.85. The van der Waals surface area contributed by atoms with Crippen LogP contribution in [0, 0.1) is 5.92 Å². The molecule has 2 saturated heterocycles. The van der Waals surface area contributed by atoms with Crippen molar-refractivity contribution in [3.05, 3.63) is 35.4 Å². The molecule has 3 aliphatic rings. The fourth-order valence-corrected chi connectivity index (χ4v) is 5.08. The van der Waals surface area contributed by atoms with Crippen molar-refractivity contribution in [2.75, 3.05) is 13.2 Å². The van der Waals surface area contributed by atoms with Gasteiger partial charge in [-0.3, -0.25) is 4.79 Å². The third kappa shape index (κ3) is 5.46. The van der Waals surface area contributed by atoms with E-state index in [0.717, 1.165) is 26.0 Å². The minimum atomic E-state index is 0. The maximum Gasteiger partial charge on any atom is 0.220 e. The number of halogens is 1. The Kier molecular flexibility index (Phi) is 7.57. The Labute approximate surface area is 169 Å². The molecule has 0 radical (unpaired) electrons. The van der Waals surface area contributed by atoms with Gasteiger partial charge in [-0.25, -0.2) is 0 Å². The normalized spacial score (nSPS) is 28.9. The lowest BCUT2D eigenvalue weighted by atomic mass is 9.89. The second-order valence-corrected chi connectivity index (χ2v) is 8.33. The number of benzene rings is 1. The Balaban J connectivity index is 0.00000210. The van der Waals surface area contributed by atoms with Gasteiger partial charge in [0.25, 0.3) is 0 Å². The van der Waals surface area contributed by atoms with Gasteiger partial charge in [-0.1, -0.05) is 24.3 Å². The van der Waals surface area contributed by atoms with Gasteiger partial charge in [-0.2, -0.15) is 0 Å². The number of ether oxygens (including phenoxy) is 1. The third-order valence-corrected chi connectivity index (χ3v) is 6.32. The molecule has 1 amide bonds. The first-order chi connectivity index (χ1) is 12.8. The summed E-state index contributed by atoms with van der Waals surface area (Å²) in [4.78, 5) is 12.2. The van der Waals surface area contributed by atoms with Crippen molar-refractivity contribution in [1.29, 1.82) is 0 Å². The summed E-state index contributed by atoms with van der Waals surface area (Å²) in [6.45, 7) is 1.45. The van der Waals surface area contributed by atoms with E-state index in [1.54, 1.807) is 0 Å². The molecule has 2 aliphatic heterocycles. The SMILES string of the molecule is Cl.O=C(CC1CC2CCC(C1)N2)NCCCOC1CCCc2ccccc21. The maximum absolute atomic E-state index is 12.2. The van der Waals surface area contributed by atoms with Gasteiger partial charge in [0.05, 0.1) is 6.10 Å². The van der Waals surface area contributed by atoms with Crippen LogP contribution in [0.15, 0.2) is 24.3 Å². The van der Waals surface area contributed by atoms with E-state index in [1.165, 1.54) is 49.7 Å². The van der Waals surface area contributed by atoms with Gasteiger partial charge >= 0.3 is 0 Å². The lowest BCUT2D eigenvalue weighted by Gasteiger charge is -2.28. The van der Waals surface area contributed by atoms with E-state index in [0.29, 0.717) is 24.4 Å². The van der Waals surface area contributed by atoms with E-state index < -0.39 is 0 Å². The summed E-state index contributed by atoms with van der Waals surface area (Å²) in [5.41, 5.74) is 2.80. The van der Waals surface area contributed by atoms with Crippen LogP contribution in [0.5, 0.6) is 0 Å². The lowest BCUT2D eigenvalue weighted by Crippen LogP contribution is -2.39. The van der Waals surface area contributed by atoms with Crippen LogP contribution in [-0.4, -0.2) is 31.1 Å². The fraction of sp³-hybridized carbons (Fsp3) is 0.682. The predicted octanol–water partition coefficient (Wildman–Crippen LogP) is 3.93. The molecule has 1 aromatic carbocycles. The number of aryl methyl sites for hydroxylation is 1. The molecule has 27 heavy (non-hydrogen) atoms. The van der Waals surface area contributed by atoms with E-state index in [-0.39, 0.29) is 24.4 Å². The van der Waals surface area contributed by atoms with Crippen LogP contribution in [0.1, 0.15) is 68.6 Å². The zero-order chi connectivity index (χ0) is 17.8. The van der Waals surface area contributed by atoms with Gasteiger partial charge in [0, 0.05) is 31.7 Å². The van der Waals surface area contributed by atoms with Crippen LogP contribution >= 0.6 is 12.4 Å². The Morgan fingerprint density at radius 1 is 1.15 bits per heavy atom. The fourth-order valence-electron chi connectivity index (χ4n) is 5.08. The van der Waals surface area contributed by atoms with Crippen molar-refractivity contribution in [3.63, 3.8) is 0 Å².